The minimum atomic E-state index is -0.708. The van der Waals surface area contributed by atoms with Crippen LogP contribution in [0.15, 0.2) is 24.3 Å². The summed E-state index contributed by atoms with van der Waals surface area (Å²) in [6.45, 7) is 13.6. The molecule has 0 aromatic heterocycles. The van der Waals surface area contributed by atoms with Crippen LogP contribution in [0.1, 0.15) is 103 Å². The molecule has 2 aliphatic heterocycles. The SMILES string of the molecule is C[C@]12CC[C@H](OCCN3CCCC3)C[C@H]1CC[C@@H]1[C@@H]2CC[C@]2(C)[C@](OCCN3CCCC3)(c3ccc(Cl)cc3)CC[C@]12O. The number of halogens is 1. The second-order valence-corrected chi connectivity index (χ2v) is 16.3. The second-order valence-electron chi connectivity index (χ2n) is 15.8. The summed E-state index contributed by atoms with van der Waals surface area (Å²) in [5.74, 6) is 1.64. The van der Waals surface area contributed by atoms with E-state index in [4.69, 9.17) is 21.1 Å². The number of nitrogens with zero attached hydrogens (tertiary/aromatic N) is 2. The van der Waals surface area contributed by atoms with E-state index >= 15 is 0 Å². The average Bonchev–Trinajstić information content (AvgIpc) is 3.76. The van der Waals surface area contributed by atoms with Crippen LogP contribution in [0.5, 0.6) is 0 Å². The zero-order valence-corrected chi connectivity index (χ0v) is 27.8. The molecule has 5 nitrogen and oxygen atoms in total. The smallest absolute Gasteiger partial charge is 0.101 e. The predicted octanol–water partition coefficient (Wildman–Crippen LogP) is 7.29. The monoisotopic (exact) mass is 612 g/mol. The first kappa shape index (κ1) is 30.9. The van der Waals surface area contributed by atoms with Crippen LogP contribution in [0.25, 0.3) is 0 Å². The van der Waals surface area contributed by atoms with Crippen molar-refractivity contribution in [1.82, 2.24) is 9.80 Å². The third-order valence-corrected chi connectivity index (χ3v) is 14.4. The minimum Gasteiger partial charge on any atom is -0.389 e. The van der Waals surface area contributed by atoms with Crippen LogP contribution in [0.3, 0.4) is 0 Å². The first-order valence-corrected chi connectivity index (χ1v) is 18.3. The fourth-order valence-electron chi connectivity index (χ4n) is 11.5. The normalized spacial score (nSPS) is 43.4. The Hall–Kier alpha value is -0.690. The van der Waals surface area contributed by atoms with Gasteiger partial charge in [-0.2, -0.15) is 0 Å². The molecule has 6 aliphatic rings. The summed E-state index contributed by atoms with van der Waals surface area (Å²) in [7, 11) is 0. The second kappa shape index (κ2) is 12.2. The molecule has 2 heterocycles. The first-order valence-electron chi connectivity index (χ1n) is 18.0. The number of rotatable bonds is 9. The molecule has 8 atom stereocenters. The van der Waals surface area contributed by atoms with Gasteiger partial charge in [0.05, 0.1) is 24.9 Å². The maximum Gasteiger partial charge on any atom is 0.101 e. The van der Waals surface area contributed by atoms with E-state index in [1.165, 1.54) is 89.5 Å². The Bertz CT molecular complexity index is 1110. The third-order valence-electron chi connectivity index (χ3n) is 14.1. The molecule has 2 saturated heterocycles. The Morgan fingerprint density at radius 1 is 0.791 bits per heavy atom. The molecule has 240 valence electrons. The van der Waals surface area contributed by atoms with Crippen LogP contribution in [-0.4, -0.2) is 79.1 Å². The lowest BCUT2D eigenvalue weighted by atomic mass is 9.42. The number of aliphatic hydroxyl groups is 1. The van der Waals surface area contributed by atoms with Gasteiger partial charge in [0.15, 0.2) is 0 Å². The molecule has 4 aliphatic carbocycles. The summed E-state index contributed by atoms with van der Waals surface area (Å²) >= 11 is 6.38. The fraction of sp³-hybridized carbons (Fsp3) is 0.838. The lowest BCUT2D eigenvalue weighted by Crippen LogP contribution is -2.65. The Balaban J connectivity index is 1.08. The largest absolute Gasteiger partial charge is 0.389 e. The highest BCUT2D eigenvalue weighted by molar-refractivity contribution is 6.30. The standard InChI is InChI=1S/C37H57ClN2O3/c1-34-15-13-31(42-25-23-39-19-3-4-20-39)27-29(34)9-12-33-32(34)14-16-35(2)36(33,41)17-18-37(35,28-7-10-30(38)11-8-28)43-26-24-40-21-5-6-22-40/h7-8,10-11,29,31-33,41H,3-6,9,12-27H2,1-2H3/t29-,31+,32+,33-,34+,35+,36+,37-/m1/s1. The summed E-state index contributed by atoms with van der Waals surface area (Å²) < 4.78 is 13.7. The number of hydrogen-bond acceptors (Lipinski definition) is 5. The molecule has 0 amide bonds. The van der Waals surface area contributed by atoms with Crippen LogP contribution in [-0.2, 0) is 15.1 Å². The molecule has 0 bridgehead atoms. The molecule has 43 heavy (non-hydrogen) atoms. The summed E-state index contributed by atoms with van der Waals surface area (Å²) in [6, 6.07) is 8.41. The third kappa shape index (κ3) is 5.25. The van der Waals surface area contributed by atoms with Crippen LogP contribution in [0, 0.1) is 28.6 Å². The maximum atomic E-state index is 13.1. The summed E-state index contributed by atoms with van der Waals surface area (Å²) in [5.41, 5.74) is 0.00740. The van der Waals surface area contributed by atoms with Crippen LogP contribution in [0.2, 0.25) is 5.02 Å². The summed E-state index contributed by atoms with van der Waals surface area (Å²) in [6.07, 6.45) is 15.7. The first-order chi connectivity index (χ1) is 20.8. The van der Waals surface area contributed by atoms with E-state index < -0.39 is 11.2 Å². The van der Waals surface area contributed by atoms with Gasteiger partial charge in [0.25, 0.3) is 0 Å². The topological polar surface area (TPSA) is 45.2 Å². The molecule has 0 unspecified atom stereocenters. The number of ether oxygens (including phenoxy) is 2. The molecule has 6 heteroatoms. The van der Waals surface area contributed by atoms with Gasteiger partial charge in [0.2, 0.25) is 0 Å². The van der Waals surface area contributed by atoms with Gasteiger partial charge >= 0.3 is 0 Å². The van der Waals surface area contributed by atoms with Crippen LogP contribution >= 0.6 is 11.6 Å². The Kier molecular flexibility index (Phi) is 8.75. The van der Waals surface area contributed by atoms with E-state index in [0.717, 1.165) is 57.0 Å². The van der Waals surface area contributed by atoms with E-state index in [1.807, 2.05) is 12.1 Å². The van der Waals surface area contributed by atoms with Crippen molar-refractivity contribution < 1.29 is 14.6 Å². The van der Waals surface area contributed by atoms with E-state index in [-0.39, 0.29) is 5.41 Å². The summed E-state index contributed by atoms with van der Waals surface area (Å²) in [5, 5.41) is 13.8. The Labute approximate surface area is 266 Å². The molecule has 1 N–H and O–H groups in total. The van der Waals surface area contributed by atoms with E-state index in [2.05, 4.69) is 35.8 Å². The Morgan fingerprint density at radius 2 is 1.47 bits per heavy atom. The molecule has 0 spiro atoms. The zero-order valence-electron chi connectivity index (χ0n) is 27.0. The van der Waals surface area contributed by atoms with Gasteiger partial charge in [0, 0.05) is 23.5 Å². The molecular formula is C37H57ClN2O3. The molecular weight excluding hydrogens is 556 g/mol. The minimum absolute atomic E-state index is 0.303. The molecule has 4 saturated carbocycles. The molecule has 7 rings (SSSR count). The van der Waals surface area contributed by atoms with Crippen molar-refractivity contribution in [3.05, 3.63) is 34.9 Å². The van der Waals surface area contributed by atoms with Crippen molar-refractivity contribution in [2.45, 2.75) is 115 Å². The van der Waals surface area contributed by atoms with Crippen molar-refractivity contribution in [3.8, 4) is 0 Å². The van der Waals surface area contributed by atoms with Crippen molar-refractivity contribution in [1.29, 1.82) is 0 Å². The van der Waals surface area contributed by atoms with Gasteiger partial charge in [-0.3, -0.25) is 0 Å². The molecule has 1 aromatic carbocycles. The lowest BCUT2D eigenvalue weighted by molar-refractivity contribution is -0.249. The lowest BCUT2D eigenvalue weighted by Gasteiger charge is -2.65. The number of hydrogen-bond donors (Lipinski definition) is 1. The van der Waals surface area contributed by atoms with Gasteiger partial charge in [-0.1, -0.05) is 37.6 Å². The van der Waals surface area contributed by atoms with Crippen molar-refractivity contribution >= 4 is 11.6 Å². The van der Waals surface area contributed by atoms with Crippen molar-refractivity contribution in [2.75, 3.05) is 52.5 Å². The predicted molar refractivity (Wildman–Crippen MR) is 173 cm³/mol. The van der Waals surface area contributed by atoms with E-state index in [1.54, 1.807) is 0 Å². The van der Waals surface area contributed by atoms with E-state index in [9.17, 15) is 5.11 Å². The number of benzene rings is 1. The van der Waals surface area contributed by atoms with E-state index in [0.29, 0.717) is 29.3 Å². The number of fused-ring (bicyclic) bond motifs is 5. The van der Waals surface area contributed by atoms with Crippen molar-refractivity contribution in [2.24, 2.45) is 28.6 Å². The fourth-order valence-corrected chi connectivity index (χ4v) is 11.7. The highest BCUT2D eigenvalue weighted by Gasteiger charge is 2.72. The van der Waals surface area contributed by atoms with Crippen LogP contribution < -0.4 is 0 Å². The zero-order chi connectivity index (χ0) is 29.7. The molecule has 0 radical (unpaired) electrons. The highest BCUT2D eigenvalue weighted by Crippen LogP contribution is 2.72. The van der Waals surface area contributed by atoms with Gasteiger partial charge in [-0.25, -0.2) is 0 Å². The van der Waals surface area contributed by atoms with Crippen LogP contribution in [0.4, 0.5) is 0 Å². The average molecular weight is 613 g/mol. The number of likely N-dealkylation sites (tertiary alicyclic amines) is 2. The summed E-state index contributed by atoms with van der Waals surface area (Å²) in [4.78, 5) is 5.12. The Morgan fingerprint density at radius 3 is 2.16 bits per heavy atom. The van der Waals surface area contributed by atoms with Gasteiger partial charge < -0.3 is 24.4 Å². The van der Waals surface area contributed by atoms with Gasteiger partial charge in [-0.05, 0) is 151 Å². The maximum absolute atomic E-state index is 13.1. The highest BCUT2D eigenvalue weighted by atomic mass is 35.5. The van der Waals surface area contributed by atoms with Gasteiger partial charge in [0.1, 0.15) is 5.60 Å². The molecule has 6 fully saturated rings. The quantitative estimate of drug-likeness (QED) is 0.317. The van der Waals surface area contributed by atoms with Crippen molar-refractivity contribution in [3.63, 3.8) is 0 Å². The van der Waals surface area contributed by atoms with Gasteiger partial charge in [-0.15, -0.1) is 0 Å². The molecule has 1 aromatic rings.